The van der Waals surface area contributed by atoms with Gasteiger partial charge in [-0.05, 0) is 57.7 Å². The summed E-state index contributed by atoms with van der Waals surface area (Å²) < 4.78 is 0. The van der Waals surface area contributed by atoms with E-state index in [0.717, 1.165) is 0 Å². The first-order valence-electron chi connectivity index (χ1n) is 5.14. The van der Waals surface area contributed by atoms with Crippen LogP contribution in [-0.2, 0) is 0 Å². The third-order valence-electron chi connectivity index (χ3n) is 3.35. The van der Waals surface area contributed by atoms with E-state index >= 15 is 0 Å². The lowest BCUT2D eigenvalue weighted by Crippen LogP contribution is -2.36. The summed E-state index contributed by atoms with van der Waals surface area (Å²) in [6.45, 7) is 2.35. The Morgan fingerprint density at radius 2 is 1.58 bits per heavy atom. The van der Waals surface area contributed by atoms with E-state index in [9.17, 15) is 5.11 Å². The van der Waals surface area contributed by atoms with Gasteiger partial charge in [0.25, 0.3) is 0 Å². The van der Waals surface area contributed by atoms with Gasteiger partial charge in [0, 0.05) is 0 Å². The van der Waals surface area contributed by atoms with Crippen LogP contribution in [0.1, 0.15) is 25.7 Å². The van der Waals surface area contributed by atoms with Crippen molar-refractivity contribution >= 4 is 0 Å². The number of likely N-dealkylation sites (tertiary alicyclic amines) is 1. The lowest BCUT2D eigenvalue weighted by Gasteiger charge is -2.31. The molecule has 1 aliphatic heterocycles. The molecule has 0 bridgehead atoms. The van der Waals surface area contributed by atoms with Crippen molar-refractivity contribution in [2.75, 3.05) is 20.1 Å². The maximum Gasteiger partial charge on any atom is 0.0597 e. The molecular weight excluding hydrogens is 150 g/mol. The van der Waals surface area contributed by atoms with Gasteiger partial charge in [0.1, 0.15) is 0 Å². The van der Waals surface area contributed by atoms with Crippen molar-refractivity contribution in [3.63, 3.8) is 0 Å². The minimum atomic E-state index is 0.0266. The van der Waals surface area contributed by atoms with E-state index in [1.807, 2.05) is 0 Å². The van der Waals surface area contributed by atoms with Crippen LogP contribution in [0.15, 0.2) is 0 Å². The quantitative estimate of drug-likeness (QED) is 0.669. The highest BCUT2D eigenvalue weighted by Gasteiger charge is 2.35. The normalized spacial score (nSPS) is 30.5. The predicted octanol–water partition coefficient (Wildman–Crippen LogP) is 1.10. The van der Waals surface area contributed by atoms with Crippen molar-refractivity contribution in [3.05, 3.63) is 0 Å². The van der Waals surface area contributed by atoms with E-state index in [-0.39, 0.29) is 6.10 Å². The molecule has 2 fully saturated rings. The van der Waals surface area contributed by atoms with Crippen LogP contribution in [0.2, 0.25) is 0 Å². The van der Waals surface area contributed by atoms with Gasteiger partial charge in [-0.15, -0.1) is 0 Å². The van der Waals surface area contributed by atoms with Crippen molar-refractivity contribution in [3.8, 4) is 0 Å². The van der Waals surface area contributed by atoms with E-state index < -0.39 is 0 Å². The molecule has 2 rings (SSSR count). The van der Waals surface area contributed by atoms with Gasteiger partial charge in [-0.2, -0.15) is 0 Å². The van der Waals surface area contributed by atoms with Crippen molar-refractivity contribution in [1.82, 2.24) is 4.90 Å². The summed E-state index contributed by atoms with van der Waals surface area (Å²) in [5.41, 5.74) is 0. The molecule has 1 unspecified atom stereocenters. The summed E-state index contributed by atoms with van der Waals surface area (Å²) in [7, 11) is 2.17. The molecule has 0 aromatic carbocycles. The molecule has 0 amide bonds. The largest absolute Gasteiger partial charge is 0.393 e. The van der Waals surface area contributed by atoms with Crippen molar-refractivity contribution < 1.29 is 5.11 Å². The molecule has 0 radical (unpaired) electrons. The second-order valence-corrected chi connectivity index (χ2v) is 4.47. The average molecular weight is 169 g/mol. The summed E-state index contributed by atoms with van der Waals surface area (Å²) in [4.78, 5) is 2.36. The van der Waals surface area contributed by atoms with E-state index in [1.54, 1.807) is 0 Å². The summed E-state index contributed by atoms with van der Waals surface area (Å²) >= 11 is 0. The SMILES string of the molecule is CN1CCC(C(O)C2CC2)CC1. The molecule has 2 heteroatoms. The molecule has 1 atom stereocenters. The fourth-order valence-electron chi connectivity index (χ4n) is 2.19. The molecule has 2 aliphatic rings. The molecule has 1 saturated heterocycles. The molecule has 0 aromatic heterocycles. The molecule has 0 spiro atoms. The van der Waals surface area contributed by atoms with Gasteiger partial charge in [-0.3, -0.25) is 0 Å². The van der Waals surface area contributed by atoms with Crippen molar-refractivity contribution in [2.24, 2.45) is 11.8 Å². The van der Waals surface area contributed by atoms with Crippen LogP contribution in [0.5, 0.6) is 0 Å². The summed E-state index contributed by atoms with van der Waals surface area (Å²) in [5, 5.41) is 9.88. The van der Waals surface area contributed by atoms with Gasteiger partial charge in [0.05, 0.1) is 6.10 Å². The van der Waals surface area contributed by atoms with Crippen LogP contribution in [0.3, 0.4) is 0 Å². The molecule has 2 nitrogen and oxygen atoms in total. The monoisotopic (exact) mass is 169 g/mol. The molecular formula is C10H19NO. The topological polar surface area (TPSA) is 23.5 Å². The first kappa shape index (κ1) is 8.52. The van der Waals surface area contributed by atoms with Gasteiger partial charge >= 0.3 is 0 Å². The first-order chi connectivity index (χ1) is 5.77. The highest BCUT2D eigenvalue weighted by molar-refractivity contribution is 4.87. The molecule has 70 valence electrons. The highest BCUT2D eigenvalue weighted by atomic mass is 16.3. The van der Waals surface area contributed by atoms with Gasteiger partial charge in [-0.25, -0.2) is 0 Å². The maximum atomic E-state index is 9.88. The minimum Gasteiger partial charge on any atom is -0.393 e. The number of rotatable bonds is 2. The fourth-order valence-corrected chi connectivity index (χ4v) is 2.19. The second-order valence-electron chi connectivity index (χ2n) is 4.47. The van der Waals surface area contributed by atoms with Crippen molar-refractivity contribution in [1.29, 1.82) is 0 Å². The zero-order valence-corrected chi connectivity index (χ0v) is 7.87. The van der Waals surface area contributed by atoms with Gasteiger partial charge < -0.3 is 10.0 Å². The predicted molar refractivity (Wildman–Crippen MR) is 49.0 cm³/mol. The Kier molecular flexibility index (Phi) is 2.37. The Morgan fingerprint density at radius 3 is 2.08 bits per heavy atom. The number of piperidine rings is 1. The maximum absolute atomic E-state index is 9.88. The number of aliphatic hydroxyl groups excluding tert-OH is 1. The van der Waals surface area contributed by atoms with Crippen LogP contribution in [0.25, 0.3) is 0 Å². The Balaban J connectivity index is 1.80. The molecule has 1 aliphatic carbocycles. The zero-order valence-electron chi connectivity index (χ0n) is 7.87. The second kappa shape index (κ2) is 3.35. The Bertz CT molecular complexity index is 148. The molecule has 1 N–H and O–H groups in total. The van der Waals surface area contributed by atoms with Crippen LogP contribution >= 0.6 is 0 Å². The number of hydrogen-bond donors (Lipinski definition) is 1. The van der Waals surface area contributed by atoms with Crippen LogP contribution in [-0.4, -0.2) is 36.2 Å². The Hall–Kier alpha value is -0.0800. The summed E-state index contributed by atoms with van der Waals surface area (Å²) in [6, 6.07) is 0. The molecule has 12 heavy (non-hydrogen) atoms. The molecule has 0 aromatic rings. The average Bonchev–Trinajstić information content (AvgIpc) is 2.87. The number of aliphatic hydroxyl groups is 1. The highest BCUT2D eigenvalue weighted by Crippen LogP contribution is 2.38. The standard InChI is InChI=1S/C10H19NO/c1-11-6-4-9(5-7-11)10(12)8-2-3-8/h8-10,12H,2-7H2,1H3. The van der Waals surface area contributed by atoms with Crippen LogP contribution < -0.4 is 0 Å². The lowest BCUT2D eigenvalue weighted by atomic mass is 9.89. The van der Waals surface area contributed by atoms with Crippen LogP contribution in [0.4, 0.5) is 0 Å². The number of hydrogen-bond acceptors (Lipinski definition) is 2. The molecule has 1 heterocycles. The molecule has 1 saturated carbocycles. The third-order valence-corrected chi connectivity index (χ3v) is 3.35. The van der Waals surface area contributed by atoms with Gasteiger partial charge in [0.15, 0.2) is 0 Å². The third kappa shape index (κ3) is 1.80. The van der Waals surface area contributed by atoms with Gasteiger partial charge in [0.2, 0.25) is 0 Å². The smallest absolute Gasteiger partial charge is 0.0597 e. The zero-order chi connectivity index (χ0) is 8.55. The van der Waals surface area contributed by atoms with Crippen molar-refractivity contribution in [2.45, 2.75) is 31.8 Å². The first-order valence-corrected chi connectivity index (χ1v) is 5.14. The fraction of sp³-hybridized carbons (Fsp3) is 1.00. The Morgan fingerprint density at radius 1 is 1.08 bits per heavy atom. The van der Waals surface area contributed by atoms with Gasteiger partial charge in [-0.1, -0.05) is 0 Å². The summed E-state index contributed by atoms with van der Waals surface area (Å²) in [6.07, 6.45) is 4.97. The number of nitrogens with zero attached hydrogens (tertiary/aromatic N) is 1. The minimum absolute atomic E-state index is 0.0266. The van der Waals surface area contributed by atoms with E-state index in [2.05, 4.69) is 11.9 Å². The van der Waals surface area contributed by atoms with Crippen LogP contribution in [0, 0.1) is 11.8 Å². The van der Waals surface area contributed by atoms with E-state index in [4.69, 9.17) is 0 Å². The Labute approximate surface area is 74.6 Å². The summed E-state index contributed by atoms with van der Waals surface area (Å²) in [5.74, 6) is 1.27. The van der Waals surface area contributed by atoms with E-state index in [1.165, 1.54) is 38.8 Å². The van der Waals surface area contributed by atoms with E-state index in [0.29, 0.717) is 11.8 Å². The lowest BCUT2D eigenvalue weighted by molar-refractivity contribution is 0.0501.